The highest BCUT2D eigenvalue weighted by Gasteiger charge is 2.57. The van der Waals surface area contributed by atoms with E-state index in [0.29, 0.717) is 36.4 Å². The molecule has 1 aromatic carbocycles. The number of rotatable bonds is 12. The molecule has 3 heterocycles. The van der Waals surface area contributed by atoms with Crippen molar-refractivity contribution in [1.82, 2.24) is 24.0 Å². The van der Waals surface area contributed by atoms with Crippen molar-refractivity contribution in [1.29, 1.82) is 0 Å². The number of alkyl halides is 3. The molecule has 1 aliphatic carbocycles. The van der Waals surface area contributed by atoms with Crippen LogP contribution in [0, 0.1) is 0 Å². The molecule has 2 aliphatic rings. The van der Waals surface area contributed by atoms with E-state index in [1.54, 1.807) is 4.90 Å². The van der Waals surface area contributed by atoms with E-state index in [9.17, 15) is 47.4 Å². The molecule has 53 heavy (non-hydrogen) atoms. The van der Waals surface area contributed by atoms with Crippen LogP contribution < -0.4 is 25.7 Å². The van der Waals surface area contributed by atoms with Gasteiger partial charge in [0.2, 0.25) is 11.8 Å². The van der Waals surface area contributed by atoms with E-state index in [4.69, 9.17) is 0 Å². The van der Waals surface area contributed by atoms with Gasteiger partial charge in [0, 0.05) is 40.2 Å². The number of imide groups is 1. The fraction of sp³-hybridized carbons (Fsp3) is 0.500. The summed E-state index contributed by atoms with van der Waals surface area (Å²) in [6, 6.07) is 3.69. The number of nitrogens with one attached hydrogen (secondary N) is 1. The minimum absolute atomic E-state index is 0.107. The molecule has 2 aromatic heterocycles. The lowest BCUT2D eigenvalue weighted by Gasteiger charge is -2.35. The number of likely N-dealkylation sites (N-methyl/N-ethyl adjacent to an activating group) is 1. The van der Waals surface area contributed by atoms with Gasteiger partial charge in [0.15, 0.2) is 11.6 Å². The highest BCUT2D eigenvalue weighted by molar-refractivity contribution is 6.23. The average molecular weight is 746 g/mol. The number of hydrogen-bond acceptors (Lipinski definition) is 10. The van der Waals surface area contributed by atoms with Gasteiger partial charge >= 0.3 is 29.8 Å². The molecule has 286 valence electrons. The third kappa shape index (κ3) is 6.86. The fourth-order valence-corrected chi connectivity index (χ4v) is 7.00. The van der Waals surface area contributed by atoms with Crippen molar-refractivity contribution >= 4 is 47.1 Å². The zero-order chi connectivity index (χ0) is 39.0. The standard InChI is InChI=1S/C34H42F3N9O7/c1-6-43(7-2)30-38-19-23(44(8-3)29(51)34(35,36)37)24(40-30)39-22(27(48)49)18-20-12-14-21(15-13-20)45-26(47)25(41(4)31(45)52)46-28(50)33(42(5)32(46)53)16-10-9-11-17-33/h12-15,19,22,47H,6-11,16-18H2,1-5H3,(H,48,49)(H,38,39,40). The number of carboxylic acids is 1. The molecule has 1 saturated heterocycles. The maximum Gasteiger partial charge on any atom is 0.471 e. The summed E-state index contributed by atoms with van der Waals surface area (Å²) in [5, 5.41) is 24.2. The molecule has 2 fully saturated rings. The van der Waals surface area contributed by atoms with E-state index >= 15 is 0 Å². The molecule has 1 aliphatic heterocycles. The topological polar surface area (TPSA) is 186 Å². The maximum absolute atomic E-state index is 13.7. The zero-order valence-electron chi connectivity index (χ0n) is 30.0. The Kier molecular flexibility index (Phi) is 10.8. The van der Waals surface area contributed by atoms with Crippen molar-refractivity contribution in [3.8, 4) is 11.6 Å². The number of amides is 4. The minimum atomic E-state index is -5.22. The Morgan fingerprint density at radius 3 is 2.17 bits per heavy atom. The molecular formula is C34H42F3N9O7. The molecule has 3 aromatic rings. The Morgan fingerprint density at radius 2 is 1.62 bits per heavy atom. The number of urea groups is 1. The van der Waals surface area contributed by atoms with Crippen LogP contribution in [0.3, 0.4) is 0 Å². The largest absolute Gasteiger partial charge is 0.492 e. The first-order chi connectivity index (χ1) is 25.0. The number of aliphatic carboxylic acids is 1. The van der Waals surface area contributed by atoms with Crippen LogP contribution in [-0.2, 0) is 27.9 Å². The van der Waals surface area contributed by atoms with E-state index in [2.05, 4.69) is 15.3 Å². The van der Waals surface area contributed by atoms with Crippen LogP contribution in [0.1, 0.15) is 58.4 Å². The lowest BCUT2D eigenvalue weighted by atomic mass is 9.81. The number of benzene rings is 1. The lowest BCUT2D eigenvalue weighted by molar-refractivity contribution is -0.170. The summed E-state index contributed by atoms with van der Waals surface area (Å²) >= 11 is 0. The van der Waals surface area contributed by atoms with Crippen molar-refractivity contribution in [3.05, 3.63) is 46.5 Å². The number of carbonyl (C=O) groups excluding carboxylic acids is 3. The van der Waals surface area contributed by atoms with Crippen molar-refractivity contribution in [2.75, 3.05) is 46.7 Å². The predicted molar refractivity (Wildman–Crippen MR) is 188 cm³/mol. The van der Waals surface area contributed by atoms with Crippen molar-refractivity contribution < 1.29 is 42.6 Å². The monoisotopic (exact) mass is 745 g/mol. The molecule has 1 unspecified atom stereocenters. The second kappa shape index (κ2) is 14.8. The highest BCUT2D eigenvalue weighted by Crippen LogP contribution is 2.43. The number of carbonyl (C=O) groups is 4. The third-order valence-electron chi connectivity index (χ3n) is 9.96. The number of hydrogen-bond donors (Lipinski definition) is 3. The van der Waals surface area contributed by atoms with E-state index in [1.807, 2.05) is 13.8 Å². The third-order valence-corrected chi connectivity index (χ3v) is 9.96. The molecular weight excluding hydrogens is 703 g/mol. The van der Waals surface area contributed by atoms with E-state index in [-0.39, 0.29) is 35.4 Å². The molecule has 0 bridgehead atoms. The van der Waals surface area contributed by atoms with Gasteiger partial charge in [0.1, 0.15) is 17.3 Å². The first-order valence-electron chi connectivity index (χ1n) is 17.2. The lowest BCUT2D eigenvalue weighted by Crippen LogP contribution is -2.49. The van der Waals surface area contributed by atoms with E-state index < -0.39 is 59.7 Å². The normalized spacial score (nSPS) is 16.3. The first-order valence-corrected chi connectivity index (χ1v) is 17.2. The van der Waals surface area contributed by atoms with E-state index in [1.165, 1.54) is 50.2 Å². The number of nitrogens with zero attached hydrogens (tertiary/aromatic N) is 8. The summed E-state index contributed by atoms with van der Waals surface area (Å²) < 4.78 is 42.4. The highest BCUT2D eigenvalue weighted by atomic mass is 19.4. The van der Waals surface area contributed by atoms with Gasteiger partial charge in [-0.05, 0) is 51.3 Å². The van der Waals surface area contributed by atoms with E-state index in [0.717, 1.165) is 39.5 Å². The number of aromatic nitrogens is 4. The fourth-order valence-electron chi connectivity index (χ4n) is 7.00. The Morgan fingerprint density at radius 1 is 1.00 bits per heavy atom. The Balaban J connectivity index is 1.45. The van der Waals surface area contributed by atoms with Crippen LogP contribution in [-0.4, -0.2) is 102 Å². The average Bonchev–Trinajstić information content (AvgIpc) is 3.44. The quantitative estimate of drug-likeness (QED) is 0.230. The van der Waals surface area contributed by atoms with Gasteiger partial charge in [-0.3, -0.25) is 14.2 Å². The van der Waals surface area contributed by atoms with Gasteiger partial charge in [-0.25, -0.2) is 28.8 Å². The maximum atomic E-state index is 13.7. The summed E-state index contributed by atoms with van der Waals surface area (Å²) in [6.45, 7) is 5.41. The minimum Gasteiger partial charge on any atom is -0.492 e. The summed E-state index contributed by atoms with van der Waals surface area (Å²) in [7, 11) is 2.86. The van der Waals surface area contributed by atoms with Crippen LogP contribution in [0.15, 0.2) is 35.3 Å². The predicted octanol–water partition coefficient (Wildman–Crippen LogP) is 3.64. The van der Waals surface area contributed by atoms with Crippen LogP contribution >= 0.6 is 0 Å². The Bertz CT molecular complexity index is 1950. The molecule has 3 N–H and O–H groups in total. The SMILES string of the molecule is CCN(CC)c1ncc(N(CC)C(=O)C(F)(F)F)c(NC(Cc2ccc(-n3c(O)c(N4C(=O)N(C)C5(CCCCC5)C4=O)n(C)c3=O)cc2)C(=O)O)n1. The van der Waals surface area contributed by atoms with Gasteiger partial charge in [-0.1, -0.05) is 31.4 Å². The Labute approximate surface area is 302 Å². The molecule has 4 amide bonds. The number of aromatic hydroxyl groups is 1. The van der Waals surface area contributed by atoms with Crippen molar-refractivity contribution in [2.24, 2.45) is 7.05 Å². The number of halogens is 3. The second-order valence-corrected chi connectivity index (χ2v) is 12.9. The summed E-state index contributed by atoms with van der Waals surface area (Å²) in [5.41, 5.74) is -1.63. The summed E-state index contributed by atoms with van der Waals surface area (Å²) in [4.78, 5) is 78.1. The van der Waals surface area contributed by atoms with Crippen LogP contribution in [0.4, 0.5) is 41.2 Å². The second-order valence-electron chi connectivity index (χ2n) is 12.9. The molecule has 16 nitrogen and oxygen atoms in total. The molecule has 1 saturated carbocycles. The number of imidazole rings is 1. The van der Waals surface area contributed by atoms with Gasteiger partial charge < -0.3 is 30.2 Å². The van der Waals surface area contributed by atoms with Gasteiger partial charge in [0.25, 0.3) is 5.91 Å². The number of carboxylic acid groups (broad SMARTS) is 1. The van der Waals surface area contributed by atoms with Gasteiger partial charge in [-0.2, -0.15) is 18.2 Å². The van der Waals surface area contributed by atoms with Gasteiger partial charge in [-0.15, -0.1) is 0 Å². The Hall–Kier alpha value is -5.62. The zero-order valence-corrected chi connectivity index (χ0v) is 30.0. The molecule has 19 heteroatoms. The number of anilines is 4. The van der Waals surface area contributed by atoms with Crippen LogP contribution in [0.2, 0.25) is 0 Å². The summed E-state index contributed by atoms with van der Waals surface area (Å²) in [6.07, 6.45) is -1.06. The van der Waals surface area contributed by atoms with Crippen molar-refractivity contribution in [2.45, 2.75) is 77.1 Å². The smallest absolute Gasteiger partial charge is 0.471 e. The first kappa shape index (κ1) is 38.6. The van der Waals surface area contributed by atoms with Gasteiger partial charge in [0.05, 0.1) is 11.9 Å². The molecule has 5 rings (SSSR count). The summed E-state index contributed by atoms with van der Waals surface area (Å²) in [5.74, 6) is -5.19. The molecule has 1 atom stereocenters. The van der Waals surface area contributed by atoms with Crippen LogP contribution in [0.5, 0.6) is 5.88 Å². The van der Waals surface area contributed by atoms with Crippen molar-refractivity contribution in [3.63, 3.8) is 0 Å². The molecule has 1 spiro atoms. The molecule has 0 radical (unpaired) electrons. The van der Waals surface area contributed by atoms with Crippen LogP contribution in [0.25, 0.3) is 5.69 Å².